The quantitative estimate of drug-likeness (QED) is 0.723. The van der Waals surface area contributed by atoms with Gasteiger partial charge in [0.25, 0.3) is 5.91 Å². The molecule has 0 spiro atoms. The van der Waals surface area contributed by atoms with E-state index < -0.39 is 0 Å². The van der Waals surface area contributed by atoms with Crippen molar-refractivity contribution in [1.29, 1.82) is 0 Å². The Bertz CT molecular complexity index is 871. The first-order chi connectivity index (χ1) is 13.3. The maximum Gasteiger partial charge on any atom is 0.273 e. The van der Waals surface area contributed by atoms with Crippen molar-refractivity contribution in [2.24, 2.45) is 0 Å². The van der Waals surface area contributed by atoms with Crippen molar-refractivity contribution in [3.63, 3.8) is 0 Å². The van der Waals surface area contributed by atoms with Gasteiger partial charge in [0.2, 0.25) is 0 Å². The Balaban J connectivity index is 1.45. The van der Waals surface area contributed by atoms with Crippen LogP contribution in [-0.4, -0.2) is 35.6 Å². The van der Waals surface area contributed by atoms with Gasteiger partial charge >= 0.3 is 0 Å². The third-order valence-corrected chi connectivity index (χ3v) is 5.02. The molecule has 0 bridgehead atoms. The Kier molecular flexibility index (Phi) is 5.30. The molecule has 2 heterocycles. The van der Waals surface area contributed by atoms with Gasteiger partial charge in [-0.25, -0.2) is 0 Å². The third kappa shape index (κ3) is 4.09. The average molecular weight is 361 g/mol. The van der Waals surface area contributed by atoms with Gasteiger partial charge in [0.05, 0.1) is 6.04 Å². The summed E-state index contributed by atoms with van der Waals surface area (Å²) < 4.78 is 5.34. The van der Waals surface area contributed by atoms with Crippen LogP contribution < -0.4 is 5.32 Å². The first-order valence-corrected chi connectivity index (χ1v) is 9.40. The number of likely N-dealkylation sites (tertiary alicyclic amines) is 1. The second-order valence-electron chi connectivity index (χ2n) is 6.82. The lowest BCUT2D eigenvalue weighted by molar-refractivity contribution is 0.0929. The molecule has 1 aromatic heterocycles. The van der Waals surface area contributed by atoms with E-state index in [2.05, 4.69) is 27.5 Å². The zero-order valence-electron chi connectivity index (χ0n) is 15.2. The number of aromatic nitrogens is 1. The van der Waals surface area contributed by atoms with E-state index in [1.165, 1.54) is 18.4 Å². The molecule has 0 unspecified atom stereocenters. The molecule has 138 valence electrons. The standard InChI is InChI=1S/C22H23N3O2/c26-22(19-15-21(27-24-19)18-11-5-2-6-12-18)23-16-20(25-13-7-8-14-25)17-9-3-1-4-10-17/h1-6,9-12,15,20H,7-8,13-14,16H2,(H,23,26)/t20-/m1/s1. The van der Waals surface area contributed by atoms with Crippen LogP contribution in [0.4, 0.5) is 0 Å². The van der Waals surface area contributed by atoms with E-state index in [9.17, 15) is 4.79 Å². The Morgan fingerprint density at radius 3 is 2.41 bits per heavy atom. The molecule has 1 N–H and O–H groups in total. The van der Waals surface area contributed by atoms with E-state index in [0.717, 1.165) is 18.7 Å². The fraction of sp³-hybridized carbons (Fsp3) is 0.273. The number of benzene rings is 2. The maximum atomic E-state index is 12.6. The molecular weight excluding hydrogens is 338 g/mol. The van der Waals surface area contributed by atoms with Crippen molar-refractivity contribution >= 4 is 5.91 Å². The fourth-order valence-electron chi connectivity index (χ4n) is 3.59. The zero-order chi connectivity index (χ0) is 18.5. The molecule has 0 aliphatic carbocycles. The van der Waals surface area contributed by atoms with Gasteiger partial charge in [-0.3, -0.25) is 9.69 Å². The molecule has 2 aromatic carbocycles. The van der Waals surface area contributed by atoms with Gasteiger partial charge in [0.15, 0.2) is 11.5 Å². The molecule has 0 saturated carbocycles. The number of nitrogens with one attached hydrogen (secondary N) is 1. The lowest BCUT2D eigenvalue weighted by Crippen LogP contribution is -2.36. The molecule has 1 fully saturated rings. The van der Waals surface area contributed by atoms with Crippen LogP contribution in [0.3, 0.4) is 0 Å². The monoisotopic (exact) mass is 361 g/mol. The highest BCUT2D eigenvalue weighted by Gasteiger charge is 2.24. The van der Waals surface area contributed by atoms with Gasteiger partial charge in [-0.1, -0.05) is 65.8 Å². The van der Waals surface area contributed by atoms with Crippen LogP contribution in [0.15, 0.2) is 71.3 Å². The van der Waals surface area contributed by atoms with E-state index in [0.29, 0.717) is 18.0 Å². The Hall–Kier alpha value is -2.92. The van der Waals surface area contributed by atoms with Gasteiger partial charge in [-0.15, -0.1) is 0 Å². The van der Waals surface area contributed by atoms with Crippen LogP contribution in [-0.2, 0) is 0 Å². The predicted molar refractivity (Wildman–Crippen MR) is 104 cm³/mol. The second-order valence-corrected chi connectivity index (χ2v) is 6.82. The lowest BCUT2D eigenvalue weighted by Gasteiger charge is -2.28. The topological polar surface area (TPSA) is 58.4 Å². The highest BCUT2D eigenvalue weighted by molar-refractivity contribution is 5.93. The van der Waals surface area contributed by atoms with Crippen molar-refractivity contribution in [3.8, 4) is 11.3 Å². The van der Waals surface area contributed by atoms with Crippen LogP contribution in [0.1, 0.15) is 34.9 Å². The van der Waals surface area contributed by atoms with Crippen LogP contribution in [0.5, 0.6) is 0 Å². The molecule has 1 atom stereocenters. The Morgan fingerprint density at radius 1 is 1.04 bits per heavy atom. The summed E-state index contributed by atoms with van der Waals surface area (Å²) in [6.45, 7) is 2.69. The van der Waals surface area contributed by atoms with E-state index in [1.54, 1.807) is 6.07 Å². The van der Waals surface area contributed by atoms with Crippen molar-refractivity contribution in [2.75, 3.05) is 19.6 Å². The van der Waals surface area contributed by atoms with E-state index in [1.807, 2.05) is 48.5 Å². The first-order valence-electron chi connectivity index (χ1n) is 9.40. The number of hydrogen-bond donors (Lipinski definition) is 1. The molecule has 27 heavy (non-hydrogen) atoms. The molecule has 1 amide bonds. The molecule has 5 nitrogen and oxygen atoms in total. The number of hydrogen-bond acceptors (Lipinski definition) is 4. The molecule has 0 radical (unpaired) electrons. The zero-order valence-corrected chi connectivity index (χ0v) is 15.2. The SMILES string of the molecule is O=C(NC[C@H](c1ccccc1)N1CCCC1)c1cc(-c2ccccc2)on1. The summed E-state index contributed by atoms with van der Waals surface area (Å²) in [6.07, 6.45) is 2.42. The summed E-state index contributed by atoms with van der Waals surface area (Å²) in [5.41, 5.74) is 2.44. The van der Waals surface area contributed by atoms with Gasteiger partial charge in [-0.2, -0.15) is 0 Å². The van der Waals surface area contributed by atoms with Crippen molar-refractivity contribution in [3.05, 3.63) is 78.0 Å². The summed E-state index contributed by atoms with van der Waals surface area (Å²) in [7, 11) is 0. The number of carbonyl (C=O) groups is 1. The second kappa shape index (κ2) is 8.18. The highest BCUT2D eigenvalue weighted by Crippen LogP contribution is 2.25. The lowest BCUT2D eigenvalue weighted by atomic mass is 10.1. The molecule has 3 aromatic rings. The smallest absolute Gasteiger partial charge is 0.273 e. The van der Waals surface area contributed by atoms with Crippen LogP contribution >= 0.6 is 0 Å². The normalized spacial score (nSPS) is 15.6. The Morgan fingerprint density at radius 2 is 1.70 bits per heavy atom. The van der Waals surface area contributed by atoms with Gasteiger partial charge in [-0.05, 0) is 31.5 Å². The molecule has 1 aliphatic rings. The van der Waals surface area contributed by atoms with Gasteiger partial charge in [0, 0.05) is 18.2 Å². The van der Waals surface area contributed by atoms with Crippen molar-refractivity contribution < 1.29 is 9.32 Å². The minimum absolute atomic E-state index is 0.179. The molecule has 4 rings (SSSR count). The summed E-state index contributed by atoms with van der Waals surface area (Å²) in [5, 5.41) is 6.98. The average Bonchev–Trinajstić information content (AvgIpc) is 3.42. The summed E-state index contributed by atoms with van der Waals surface area (Å²) in [6, 6.07) is 21.9. The van der Waals surface area contributed by atoms with Gasteiger partial charge in [0.1, 0.15) is 0 Å². The highest BCUT2D eigenvalue weighted by atomic mass is 16.5. The predicted octanol–water partition coefficient (Wildman–Crippen LogP) is 3.91. The van der Waals surface area contributed by atoms with E-state index in [4.69, 9.17) is 4.52 Å². The minimum Gasteiger partial charge on any atom is -0.355 e. The molecule has 1 aliphatic heterocycles. The molecule has 5 heteroatoms. The van der Waals surface area contributed by atoms with Crippen LogP contribution in [0.2, 0.25) is 0 Å². The largest absolute Gasteiger partial charge is 0.355 e. The fourth-order valence-corrected chi connectivity index (χ4v) is 3.59. The Labute approximate surface area is 159 Å². The van der Waals surface area contributed by atoms with Gasteiger partial charge < -0.3 is 9.84 Å². The first kappa shape index (κ1) is 17.5. The molecule has 1 saturated heterocycles. The van der Waals surface area contributed by atoms with Crippen LogP contribution in [0.25, 0.3) is 11.3 Å². The van der Waals surface area contributed by atoms with Crippen molar-refractivity contribution in [2.45, 2.75) is 18.9 Å². The summed E-state index contributed by atoms with van der Waals surface area (Å²) in [5.74, 6) is 0.390. The number of nitrogens with zero attached hydrogens (tertiary/aromatic N) is 2. The number of carbonyl (C=O) groups excluding carboxylic acids is 1. The summed E-state index contributed by atoms with van der Waals surface area (Å²) in [4.78, 5) is 15.0. The minimum atomic E-state index is -0.207. The van der Waals surface area contributed by atoms with Crippen LogP contribution in [0, 0.1) is 0 Å². The van der Waals surface area contributed by atoms with E-state index >= 15 is 0 Å². The number of amides is 1. The summed E-state index contributed by atoms with van der Waals surface area (Å²) >= 11 is 0. The number of rotatable bonds is 6. The third-order valence-electron chi connectivity index (χ3n) is 5.02. The van der Waals surface area contributed by atoms with E-state index in [-0.39, 0.29) is 11.9 Å². The van der Waals surface area contributed by atoms with Crippen molar-refractivity contribution in [1.82, 2.24) is 15.4 Å². The molecular formula is C22H23N3O2. The maximum absolute atomic E-state index is 12.6.